The first-order valence-electron chi connectivity index (χ1n) is 20.7. The number of carbonyl (C=O) groups is 1. The molecule has 4 nitrogen and oxygen atoms in total. The van der Waals surface area contributed by atoms with Crippen LogP contribution >= 0.6 is 0 Å². The zero-order valence-electron chi connectivity index (χ0n) is 37.4. The summed E-state index contributed by atoms with van der Waals surface area (Å²) >= 11 is 0. The van der Waals surface area contributed by atoms with E-state index in [9.17, 15) is 9.90 Å². The fourth-order valence-corrected chi connectivity index (χ4v) is 6.60. The molecule has 0 saturated carbocycles. The molecular weight excluding hydrogens is 853 g/mol. The first kappa shape index (κ1) is 40.2. The normalized spacial score (nSPS) is 12.1. The molecule has 2 heterocycles. The molecule has 291 valence electrons. The van der Waals surface area contributed by atoms with E-state index >= 15 is 0 Å². The quantitative estimate of drug-likeness (QED) is 0.0892. The van der Waals surface area contributed by atoms with Crippen LogP contribution in [0.4, 0.5) is 0 Å². The molecule has 55 heavy (non-hydrogen) atoms. The van der Waals surface area contributed by atoms with E-state index in [1.807, 2.05) is 92.6 Å². The number of aliphatic hydroxyl groups excluding tert-OH is 1. The molecule has 0 spiro atoms. The Balaban J connectivity index is 0.000000234. The third-order valence-corrected chi connectivity index (χ3v) is 10.3. The van der Waals surface area contributed by atoms with Crippen molar-refractivity contribution in [1.29, 1.82) is 0 Å². The van der Waals surface area contributed by atoms with Gasteiger partial charge in [-0.3, -0.25) is 4.79 Å². The van der Waals surface area contributed by atoms with Crippen LogP contribution in [0.25, 0.3) is 44.1 Å². The van der Waals surface area contributed by atoms with Crippen molar-refractivity contribution in [2.24, 2.45) is 11.3 Å². The van der Waals surface area contributed by atoms with Crippen molar-refractivity contribution in [3.63, 3.8) is 0 Å². The molecule has 6 aromatic rings. The molecule has 0 amide bonds. The molecule has 1 N–H and O–H groups in total. The van der Waals surface area contributed by atoms with Crippen molar-refractivity contribution in [2.75, 3.05) is 0 Å². The van der Waals surface area contributed by atoms with Crippen LogP contribution in [0, 0.1) is 65.0 Å². The second-order valence-corrected chi connectivity index (χ2v) is 14.8. The van der Waals surface area contributed by atoms with E-state index in [1.54, 1.807) is 0 Å². The largest absolute Gasteiger partial charge is 0.512 e. The maximum absolute atomic E-state index is 11.9. The van der Waals surface area contributed by atoms with E-state index in [-0.39, 0.29) is 55.2 Å². The zero-order chi connectivity index (χ0) is 42.2. The summed E-state index contributed by atoms with van der Waals surface area (Å²) in [6.45, 7) is 22.3. The molecular formula is C50H58IrN2O2-2. The minimum Gasteiger partial charge on any atom is -0.512 e. The van der Waals surface area contributed by atoms with Crippen LogP contribution in [0.1, 0.15) is 97.8 Å². The van der Waals surface area contributed by atoms with Crippen LogP contribution in [0.3, 0.4) is 0 Å². The van der Waals surface area contributed by atoms with Gasteiger partial charge in [0.1, 0.15) is 5.76 Å². The van der Waals surface area contributed by atoms with Crippen LogP contribution in [0.5, 0.6) is 0 Å². The smallest absolute Gasteiger partial charge is 0.162 e. The van der Waals surface area contributed by atoms with Gasteiger partial charge in [0.2, 0.25) is 0 Å². The van der Waals surface area contributed by atoms with Crippen molar-refractivity contribution in [2.45, 2.75) is 102 Å². The number of allylic oxidation sites excluding steroid dienone is 2. The van der Waals surface area contributed by atoms with Crippen molar-refractivity contribution >= 4 is 27.3 Å². The van der Waals surface area contributed by atoms with Gasteiger partial charge >= 0.3 is 0 Å². The minimum atomic E-state index is -0.248. The van der Waals surface area contributed by atoms with E-state index in [0.29, 0.717) is 6.17 Å². The van der Waals surface area contributed by atoms with Gasteiger partial charge in [0.05, 0.1) is 4.11 Å². The molecule has 0 unspecified atom stereocenters. The molecule has 6 rings (SSSR count). The summed E-state index contributed by atoms with van der Waals surface area (Å²) in [6.07, 6.45) is 5.14. The summed E-state index contributed by atoms with van der Waals surface area (Å²) in [5.41, 5.74) is 9.93. The van der Waals surface area contributed by atoms with E-state index in [4.69, 9.17) is 4.11 Å². The predicted molar refractivity (Wildman–Crippen MR) is 229 cm³/mol. The van der Waals surface area contributed by atoms with E-state index in [2.05, 4.69) is 72.3 Å². The summed E-state index contributed by atoms with van der Waals surface area (Å²) in [7, 11) is 0. The average molecular weight is 914 g/mol. The number of aliphatic hydroxyl groups is 1. The zero-order valence-corrected chi connectivity index (χ0v) is 36.8. The molecule has 2 aromatic heterocycles. The molecule has 0 aliphatic rings. The number of rotatable bonds is 9. The number of aryl methyl sites for hydroxylation is 6. The molecule has 0 bridgehead atoms. The van der Waals surface area contributed by atoms with Crippen molar-refractivity contribution < 1.29 is 34.1 Å². The first-order chi connectivity index (χ1) is 26.9. The number of nitrogens with zero attached hydrogens (tertiary/aromatic N) is 2. The van der Waals surface area contributed by atoms with Gasteiger partial charge in [-0.2, -0.15) is 0 Å². The second-order valence-electron chi connectivity index (χ2n) is 14.8. The Kier molecular flexibility index (Phi) is 15.0. The molecule has 0 aliphatic carbocycles. The van der Waals surface area contributed by atoms with Crippen molar-refractivity contribution in [3.05, 3.63) is 142 Å². The number of aromatic nitrogens is 2. The van der Waals surface area contributed by atoms with Crippen LogP contribution in [0.15, 0.2) is 97.0 Å². The van der Waals surface area contributed by atoms with E-state index < -0.39 is 0 Å². The Labute approximate surface area is 348 Å². The molecule has 5 heteroatoms. The Hall–Kier alpha value is -4.44. The molecule has 1 radical (unpaired) electrons. The summed E-state index contributed by atoms with van der Waals surface area (Å²) in [4.78, 5) is 20.6. The maximum Gasteiger partial charge on any atom is 0.162 e. The van der Waals surface area contributed by atoms with Crippen LogP contribution in [-0.2, 0) is 24.9 Å². The third kappa shape index (κ3) is 11.8. The van der Waals surface area contributed by atoms with Gasteiger partial charge in [-0.15, -0.1) is 69.8 Å². The Bertz CT molecular complexity index is 2370. The van der Waals surface area contributed by atoms with Crippen molar-refractivity contribution in [3.8, 4) is 22.5 Å². The monoisotopic (exact) mass is 914 g/mol. The van der Waals surface area contributed by atoms with Gasteiger partial charge in [-0.1, -0.05) is 110 Å². The Morgan fingerprint density at radius 2 is 1.18 bits per heavy atom. The number of benzene rings is 4. The van der Waals surface area contributed by atoms with Crippen LogP contribution in [-0.4, -0.2) is 20.9 Å². The SMILES string of the molecule is CCC(CC)C(=O)/C=C(\O)C(C)(CC)CC.[2H]c1cc2cc(C)ccc2c(-c2[c-]c(C)cc(C)c2)n1.[2H]c1nc(-c2[c-]c(C)cc(C)c2)c2ccc(C)cc2c1[2H].[Ir]. The van der Waals surface area contributed by atoms with Gasteiger partial charge in [0, 0.05) is 49.9 Å². The average Bonchev–Trinajstić information content (AvgIpc) is 3.15. The second kappa shape index (κ2) is 20.5. The molecule has 0 fully saturated rings. The molecule has 0 saturated heterocycles. The summed E-state index contributed by atoms with van der Waals surface area (Å²) in [5.74, 6) is 0.366. The standard InChI is InChI=1S/2C18H16N.C14H26O2.Ir/c2*1-12-4-5-17-15(9-12)6-7-19-18(17)16-10-13(2)8-14(3)11-16;1-6-11(7-2)12(15)10-13(16)14(5,8-3)9-4;/h2*4-10H,1-3H3;10-11,16H,6-9H2,1-5H3;/q2*-1;;/b;;13-10-;/i6D,7D;7D;;. The fraction of sp³-hybridized carbons (Fsp3) is 0.340. The van der Waals surface area contributed by atoms with Gasteiger partial charge in [0.25, 0.3) is 0 Å². The molecule has 4 aromatic carbocycles. The number of carbonyl (C=O) groups excluding carboxylic acids is 1. The number of hydrogen-bond acceptors (Lipinski definition) is 4. The van der Waals surface area contributed by atoms with Crippen LogP contribution < -0.4 is 0 Å². The number of fused-ring (bicyclic) bond motifs is 2. The Morgan fingerprint density at radius 3 is 1.65 bits per heavy atom. The van der Waals surface area contributed by atoms with Crippen LogP contribution in [0.2, 0.25) is 0 Å². The molecule has 0 atom stereocenters. The predicted octanol–water partition coefficient (Wildman–Crippen LogP) is 13.5. The maximum atomic E-state index is 11.9. The topological polar surface area (TPSA) is 63.1 Å². The summed E-state index contributed by atoms with van der Waals surface area (Å²) < 4.78 is 23.9. The van der Waals surface area contributed by atoms with Gasteiger partial charge in [0.15, 0.2) is 5.78 Å². The van der Waals surface area contributed by atoms with Crippen molar-refractivity contribution in [1.82, 2.24) is 9.97 Å². The van der Waals surface area contributed by atoms with Gasteiger partial charge in [-0.05, 0) is 84.6 Å². The number of pyridine rings is 2. The van der Waals surface area contributed by atoms with E-state index in [1.165, 1.54) is 17.2 Å². The summed E-state index contributed by atoms with van der Waals surface area (Å²) in [5, 5.41) is 13.8. The van der Waals surface area contributed by atoms with Gasteiger partial charge < -0.3 is 15.1 Å². The fourth-order valence-electron chi connectivity index (χ4n) is 6.60. The first-order valence-corrected chi connectivity index (χ1v) is 19.2. The third-order valence-electron chi connectivity index (χ3n) is 10.3. The van der Waals surface area contributed by atoms with E-state index in [0.717, 1.165) is 92.0 Å². The summed E-state index contributed by atoms with van der Waals surface area (Å²) in [6, 6.07) is 29.1. The minimum absolute atomic E-state index is 0. The number of hydrogen-bond donors (Lipinski definition) is 1. The Morgan fingerprint density at radius 1 is 0.709 bits per heavy atom. The molecule has 0 aliphatic heterocycles. The van der Waals surface area contributed by atoms with Gasteiger partial charge in [-0.25, -0.2) is 0 Å². The number of ketones is 1.